The van der Waals surface area contributed by atoms with Crippen LogP contribution in [-0.2, 0) is 28.6 Å². The van der Waals surface area contributed by atoms with Gasteiger partial charge >= 0.3 is 17.9 Å². The summed E-state index contributed by atoms with van der Waals surface area (Å²) >= 11 is 0. The van der Waals surface area contributed by atoms with Gasteiger partial charge in [-0.05, 0) is 89.9 Å². The molecule has 0 bridgehead atoms. The maximum atomic E-state index is 12.9. The Labute approximate surface area is 478 Å². The fraction of sp³-hybridized carbons (Fsp3) is 0.789. The molecule has 0 fully saturated rings. The number of rotatable bonds is 61. The molecule has 0 aliphatic carbocycles. The summed E-state index contributed by atoms with van der Waals surface area (Å²) in [6.07, 6.45) is 84.9. The topological polar surface area (TPSA) is 78.9 Å². The molecule has 0 spiro atoms. The highest BCUT2D eigenvalue weighted by atomic mass is 16.6. The third-order valence-corrected chi connectivity index (χ3v) is 14.7. The van der Waals surface area contributed by atoms with E-state index >= 15 is 0 Å². The minimum atomic E-state index is -0.780. The fourth-order valence-corrected chi connectivity index (χ4v) is 9.70. The summed E-state index contributed by atoms with van der Waals surface area (Å²) in [4.78, 5) is 38.3. The highest BCUT2D eigenvalue weighted by Crippen LogP contribution is 2.17. The van der Waals surface area contributed by atoms with E-state index in [2.05, 4.69) is 93.7 Å². The number of unbranched alkanes of at least 4 members (excludes halogenated alkanes) is 38. The molecule has 0 amide bonds. The van der Waals surface area contributed by atoms with Crippen LogP contribution in [0, 0.1) is 0 Å². The minimum absolute atomic E-state index is 0.0761. The normalized spacial score (nSPS) is 12.5. The van der Waals surface area contributed by atoms with Crippen LogP contribution in [0.1, 0.15) is 342 Å². The lowest BCUT2D eigenvalue weighted by Crippen LogP contribution is -2.30. The predicted octanol–water partition coefficient (Wildman–Crippen LogP) is 22.9. The van der Waals surface area contributed by atoms with E-state index in [0.29, 0.717) is 19.3 Å². The predicted molar refractivity (Wildman–Crippen MR) is 335 cm³/mol. The number of allylic oxidation sites excluding steroid dienone is 12. The van der Waals surface area contributed by atoms with E-state index in [-0.39, 0.29) is 31.1 Å². The third kappa shape index (κ3) is 63.6. The Balaban J connectivity index is 4.22. The number of carbonyl (C=O) groups is 3. The summed E-state index contributed by atoms with van der Waals surface area (Å²) in [6.45, 7) is 6.54. The van der Waals surface area contributed by atoms with Gasteiger partial charge in [-0.1, -0.05) is 306 Å². The number of hydrogen-bond donors (Lipinski definition) is 0. The summed E-state index contributed by atoms with van der Waals surface area (Å²) in [5.74, 6) is -0.871. The maximum absolute atomic E-state index is 12.9. The first-order valence-corrected chi connectivity index (χ1v) is 33.4. The number of hydrogen-bond acceptors (Lipinski definition) is 6. The first-order chi connectivity index (χ1) is 38.0. The van der Waals surface area contributed by atoms with Crippen LogP contribution in [0.2, 0.25) is 0 Å². The highest BCUT2D eigenvalue weighted by molar-refractivity contribution is 5.71. The Bertz CT molecular complexity index is 1420. The second kappa shape index (κ2) is 65.4. The zero-order chi connectivity index (χ0) is 55.7. The molecule has 0 rings (SSSR count). The summed E-state index contributed by atoms with van der Waals surface area (Å²) in [5, 5.41) is 0. The zero-order valence-corrected chi connectivity index (χ0v) is 51.2. The zero-order valence-electron chi connectivity index (χ0n) is 51.2. The van der Waals surface area contributed by atoms with Crippen molar-refractivity contribution in [3.05, 3.63) is 72.9 Å². The van der Waals surface area contributed by atoms with E-state index in [0.717, 1.165) is 109 Å². The maximum Gasteiger partial charge on any atom is 0.306 e. The number of carbonyl (C=O) groups excluding carboxylic acids is 3. The van der Waals surface area contributed by atoms with Gasteiger partial charge < -0.3 is 14.2 Å². The van der Waals surface area contributed by atoms with E-state index in [4.69, 9.17) is 14.2 Å². The molecule has 0 N–H and O–H groups in total. The average molecular weight is 1080 g/mol. The molecular formula is C71H126O6. The molecule has 0 heterocycles. The first-order valence-electron chi connectivity index (χ1n) is 33.4. The van der Waals surface area contributed by atoms with Gasteiger partial charge in [-0.2, -0.15) is 0 Å². The van der Waals surface area contributed by atoms with Gasteiger partial charge in [0.2, 0.25) is 0 Å². The molecular weight excluding hydrogens is 949 g/mol. The van der Waals surface area contributed by atoms with Crippen molar-refractivity contribution in [1.82, 2.24) is 0 Å². The lowest BCUT2D eigenvalue weighted by molar-refractivity contribution is -0.167. The van der Waals surface area contributed by atoms with Gasteiger partial charge in [0.1, 0.15) is 13.2 Å². The molecule has 446 valence electrons. The Hall–Kier alpha value is -3.15. The van der Waals surface area contributed by atoms with Gasteiger partial charge in [0, 0.05) is 19.3 Å². The van der Waals surface area contributed by atoms with Crippen molar-refractivity contribution in [3.8, 4) is 0 Å². The number of ether oxygens (including phenoxy) is 3. The van der Waals surface area contributed by atoms with E-state index in [1.165, 1.54) is 193 Å². The standard InChI is InChI=1S/C71H126O6/c1-4-7-10-13-16-19-22-25-28-30-31-32-33-34-35-36-37-38-39-40-41-42-44-46-49-52-55-58-61-64-70(73)76-67-68(66-75-69(72)63-60-57-54-51-48-45-27-24-21-18-15-12-9-6-3)77-71(74)65-62-59-56-53-50-47-43-29-26-23-20-17-14-11-8-5-2/h7,10,16,19-20,23,25,28-29,31-32,43,68H,4-6,8-9,11-15,17-18,21-22,24,26-27,30,33-42,44-67H2,1-3H3/b10-7-,19-16-,23-20-,28-25-,32-31-,43-29-. The summed E-state index contributed by atoms with van der Waals surface area (Å²) in [5.41, 5.74) is 0. The van der Waals surface area contributed by atoms with Crippen LogP contribution in [0.15, 0.2) is 72.9 Å². The molecule has 0 saturated heterocycles. The van der Waals surface area contributed by atoms with E-state index in [1.807, 2.05) is 0 Å². The van der Waals surface area contributed by atoms with E-state index < -0.39 is 6.10 Å². The van der Waals surface area contributed by atoms with Gasteiger partial charge in [0.25, 0.3) is 0 Å². The lowest BCUT2D eigenvalue weighted by atomic mass is 10.0. The largest absolute Gasteiger partial charge is 0.462 e. The lowest BCUT2D eigenvalue weighted by Gasteiger charge is -2.18. The van der Waals surface area contributed by atoms with Crippen LogP contribution in [-0.4, -0.2) is 37.2 Å². The Morgan fingerprint density at radius 2 is 0.506 bits per heavy atom. The van der Waals surface area contributed by atoms with Crippen LogP contribution < -0.4 is 0 Å². The van der Waals surface area contributed by atoms with Crippen molar-refractivity contribution < 1.29 is 28.6 Å². The molecule has 6 heteroatoms. The molecule has 0 aromatic rings. The molecule has 77 heavy (non-hydrogen) atoms. The fourth-order valence-electron chi connectivity index (χ4n) is 9.70. The van der Waals surface area contributed by atoms with Gasteiger partial charge in [0.05, 0.1) is 0 Å². The smallest absolute Gasteiger partial charge is 0.306 e. The third-order valence-electron chi connectivity index (χ3n) is 14.7. The molecule has 0 radical (unpaired) electrons. The Kier molecular flexibility index (Phi) is 62.7. The average Bonchev–Trinajstić information content (AvgIpc) is 3.43. The van der Waals surface area contributed by atoms with E-state index in [1.54, 1.807) is 0 Å². The molecule has 0 aliphatic heterocycles. The first kappa shape index (κ1) is 73.8. The van der Waals surface area contributed by atoms with Gasteiger partial charge in [-0.25, -0.2) is 0 Å². The monoisotopic (exact) mass is 1070 g/mol. The van der Waals surface area contributed by atoms with Crippen molar-refractivity contribution in [3.63, 3.8) is 0 Å². The van der Waals surface area contributed by atoms with Crippen molar-refractivity contribution in [2.24, 2.45) is 0 Å². The SMILES string of the molecule is CC/C=C\C/C=C\C/C=C\C/C=C\CCCCCCCCCCCCCCCCCCC(=O)OCC(COC(=O)CCCCCCCCCCCCCCCC)OC(=O)CCCCCCC/C=C\C/C=C\CCCCCC. The molecule has 0 aromatic carbocycles. The van der Waals surface area contributed by atoms with Crippen molar-refractivity contribution >= 4 is 17.9 Å². The minimum Gasteiger partial charge on any atom is -0.462 e. The van der Waals surface area contributed by atoms with Gasteiger partial charge in [-0.3, -0.25) is 14.4 Å². The van der Waals surface area contributed by atoms with Crippen molar-refractivity contribution in [2.75, 3.05) is 13.2 Å². The second-order valence-corrected chi connectivity index (χ2v) is 22.4. The van der Waals surface area contributed by atoms with Crippen LogP contribution >= 0.6 is 0 Å². The van der Waals surface area contributed by atoms with Crippen LogP contribution in [0.5, 0.6) is 0 Å². The van der Waals surface area contributed by atoms with Gasteiger partial charge in [0.15, 0.2) is 6.10 Å². The van der Waals surface area contributed by atoms with Crippen LogP contribution in [0.4, 0.5) is 0 Å². The summed E-state index contributed by atoms with van der Waals surface area (Å²) in [6, 6.07) is 0. The van der Waals surface area contributed by atoms with Crippen LogP contribution in [0.3, 0.4) is 0 Å². The van der Waals surface area contributed by atoms with Crippen LogP contribution in [0.25, 0.3) is 0 Å². The Morgan fingerprint density at radius 3 is 0.805 bits per heavy atom. The molecule has 0 aromatic heterocycles. The quantitative estimate of drug-likeness (QED) is 0.0261. The molecule has 6 nitrogen and oxygen atoms in total. The second-order valence-electron chi connectivity index (χ2n) is 22.4. The number of esters is 3. The van der Waals surface area contributed by atoms with Gasteiger partial charge in [-0.15, -0.1) is 0 Å². The van der Waals surface area contributed by atoms with E-state index in [9.17, 15) is 14.4 Å². The van der Waals surface area contributed by atoms with Crippen molar-refractivity contribution in [1.29, 1.82) is 0 Å². The molecule has 1 atom stereocenters. The molecule has 0 saturated carbocycles. The Morgan fingerprint density at radius 1 is 0.273 bits per heavy atom. The molecule has 1 unspecified atom stereocenters. The van der Waals surface area contributed by atoms with Crippen molar-refractivity contribution in [2.45, 2.75) is 348 Å². The molecule has 0 aliphatic rings. The highest BCUT2D eigenvalue weighted by Gasteiger charge is 2.19. The summed E-state index contributed by atoms with van der Waals surface area (Å²) < 4.78 is 16.9. The summed E-state index contributed by atoms with van der Waals surface area (Å²) in [7, 11) is 0.